The van der Waals surface area contributed by atoms with Crippen LogP contribution in [0.15, 0.2) is 24.3 Å². The molecule has 0 radical (unpaired) electrons. The summed E-state index contributed by atoms with van der Waals surface area (Å²) in [6.45, 7) is 2.99. The monoisotopic (exact) mass is 280 g/mol. The molecule has 0 saturated heterocycles. The largest absolute Gasteiger partial charge is 0.329 e. The highest BCUT2D eigenvalue weighted by atomic mass is 35.5. The summed E-state index contributed by atoms with van der Waals surface area (Å²) < 4.78 is 0. The Morgan fingerprint density at radius 2 is 2.00 bits per heavy atom. The zero-order chi connectivity index (χ0) is 13.9. The molecule has 0 bridgehead atoms. The smallest absolute Gasteiger partial charge is 0.0409 e. The fourth-order valence-corrected chi connectivity index (χ4v) is 3.51. The first-order chi connectivity index (χ1) is 9.09. The molecule has 1 unspecified atom stereocenters. The van der Waals surface area contributed by atoms with Gasteiger partial charge in [0.1, 0.15) is 0 Å². The Hall–Kier alpha value is -0.570. The highest BCUT2D eigenvalue weighted by Gasteiger charge is 2.37. The average Bonchev–Trinajstić information content (AvgIpc) is 2.46. The van der Waals surface area contributed by atoms with Gasteiger partial charge in [-0.1, -0.05) is 43.0 Å². The Labute approximate surface area is 121 Å². The van der Waals surface area contributed by atoms with E-state index < -0.39 is 0 Å². The summed E-state index contributed by atoms with van der Waals surface area (Å²) >= 11 is 6.10. The van der Waals surface area contributed by atoms with E-state index in [0.717, 1.165) is 11.6 Å². The topological polar surface area (TPSA) is 29.3 Å². The van der Waals surface area contributed by atoms with Gasteiger partial charge in [-0.25, -0.2) is 0 Å². The van der Waals surface area contributed by atoms with E-state index in [4.69, 9.17) is 17.3 Å². The molecule has 1 aliphatic rings. The fourth-order valence-electron chi connectivity index (χ4n) is 3.31. The minimum absolute atomic E-state index is 0.167. The molecule has 3 heteroatoms. The van der Waals surface area contributed by atoms with Crippen molar-refractivity contribution in [2.45, 2.75) is 50.6 Å². The van der Waals surface area contributed by atoms with Crippen LogP contribution in [0, 0.1) is 0 Å². The number of halogens is 1. The lowest BCUT2D eigenvalue weighted by Crippen LogP contribution is -2.53. The van der Waals surface area contributed by atoms with E-state index in [1.165, 1.54) is 37.7 Å². The molecule has 1 aromatic carbocycles. The number of hydrogen-bond acceptors (Lipinski definition) is 2. The van der Waals surface area contributed by atoms with Gasteiger partial charge in [0.15, 0.2) is 0 Å². The third kappa shape index (κ3) is 3.13. The average molecular weight is 281 g/mol. The van der Waals surface area contributed by atoms with Gasteiger partial charge < -0.3 is 5.73 Å². The van der Waals surface area contributed by atoms with E-state index in [0.29, 0.717) is 6.04 Å². The second-order valence-corrected chi connectivity index (χ2v) is 6.27. The van der Waals surface area contributed by atoms with E-state index in [9.17, 15) is 0 Å². The van der Waals surface area contributed by atoms with Gasteiger partial charge in [0.25, 0.3) is 0 Å². The summed E-state index contributed by atoms with van der Waals surface area (Å²) in [5, 5.41) is 0.809. The van der Waals surface area contributed by atoms with E-state index in [-0.39, 0.29) is 5.54 Å². The molecule has 2 N–H and O–H groups in total. The Kier molecular flexibility index (Phi) is 4.88. The predicted octanol–water partition coefficient (Wildman–Crippen LogP) is 3.99. The van der Waals surface area contributed by atoms with Gasteiger partial charge in [0.2, 0.25) is 0 Å². The van der Waals surface area contributed by atoms with Crippen molar-refractivity contribution in [3.8, 4) is 0 Å². The van der Waals surface area contributed by atoms with Gasteiger partial charge >= 0.3 is 0 Å². The van der Waals surface area contributed by atoms with Crippen molar-refractivity contribution < 1.29 is 0 Å². The second kappa shape index (κ2) is 6.25. The van der Waals surface area contributed by atoms with Crippen LogP contribution in [0.1, 0.15) is 50.6 Å². The Balaban J connectivity index is 2.19. The van der Waals surface area contributed by atoms with Gasteiger partial charge in [-0.2, -0.15) is 0 Å². The summed E-state index contributed by atoms with van der Waals surface area (Å²) in [5.74, 6) is 0. The van der Waals surface area contributed by atoms with E-state index >= 15 is 0 Å². The van der Waals surface area contributed by atoms with Crippen molar-refractivity contribution >= 4 is 11.6 Å². The lowest BCUT2D eigenvalue weighted by Gasteiger charge is -2.47. The van der Waals surface area contributed by atoms with Gasteiger partial charge in [-0.3, -0.25) is 4.90 Å². The van der Waals surface area contributed by atoms with Crippen molar-refractivity contribution in [1.29, 1.82) is 0 Å². The number of nitrogens with two attached hydrogens (primary N) is 1. The Morgan fingerprint density at radius 1 is 1.32 bits per heavy atom. The molecule has 1 saturated carbocycles. The summed E-state index contributed by atoms with van der Waals surface area (Å²) in [5.41, 5.74) is 7.56. The summed E-state index contributed by atoms with van der Waals surface area (Å²) in [6, 6.07) is 8.52. The zero-order valence-electron chi connectivity index (χ0n) is 12.0. The molecular formula is C16H25ClN2. The van der Waals surface area contributed by atoms with Crippen molar-refractivity contribution in [3.05, 3.63) is 34.9 Å². The third-order valence-electron chi connectivity index (χ3n) is 4.82. The van der Waals surface area contributed by atoms with Crippen LogP contribution in [0.25, 0.3) is 0 Å². The summed E-state index contributed by atoms with van der Waals surface area (Å²) in [4.78, 5) is 2.47. The van der Waals surface area contributed by atoms with Crippen LogP contribution in [0.4, 0.5) is 0 Å². The number of rotatable bonds is 4. The van der Waals surface area contributed by atoms with Crippen LogP contribution in [-0.2, 0) is 0 Å². The molecule has 1 aromatic rings. The maximum atomic E-state index is 6.12. The lowest BCUT2D eigenvalue weighted by molar-refractivity contribution is 0.0491. The van der Waals surface area contributed by atoms with Gasteiger partial charge in [0, 0.05) is 23.1 Å². The number of hydrogen-bond donors (Lipinski definition) is 1. The van der Waals surface area contributed by atoms with Crippen LogP contribution in [0.5, 0.6) is 0 Å². The van der Waals surface area contributed by atoms with E-state index in [1.807, 2.05) is 12.1 Å². The minimum atomic E-state index is 0.167. The SMILES string of the molecule is CC(c1cccc(Cl)c1)N(C)C1(CN)CCCCC1. The van der Waals surface area contributed by atoms with Crippen LogP contribution in [0.2, 0.25) is 5.02 Å². The number of likely N-dealkylation sites (N-methyl/N-ethyl adjacent to an activating group) is 1. The van der Waals surface area contributed by atoms with Crippen molar-refractivity contribution in [2.75, 3.05) is 13.6 Å². The van der Waals surface area contributed by atoms with Crippen LogP contribution in [0.3, 0.4) is 0 Å². The van der Waals surface area contributed by atoms with Crippen molar-refractivity contribution in [2.24, 2.45) is 5.73 Å². The van der Waals surface area contributed by atoms with Crippen LogP contribution < -0.4 is 5.73 Å². The first-order valence-electron chi connectivity index (χ1n) is 7.27. The number of benzene rings is 1. The minimum Gasteiger partial charge on any atom is -0.329 e. The van der Waals surface area contributed by atoms with E-state index in [1.54, 1.807) is 0 Å². The van der Waals surface area contributed by atoms with Crippen LogP contribution in [-0.4, -0.2) is 24.0 Å². The molecule has 1 atom stereocenters. The summed E-state index contributed by atoms with van der Waals surface area (Å²) in [6.07, 6.45) is 6.37. The normalized spacial score (nSPS) is 20.5. The number of nitrogens with zero attached hydrogens (tertiary/aromatic N) is 1. The predicted molar refractivity (Wildman–Crippen MR) is 82.5 cm³/mol. The second-order valence-electron chi connectivity index (χ2n) is 5.83. The van der Waals surface area contributed by atoms with Gasteiger partial charge in [-0.05, 0) is 44.5 Å². The Morgan fingerprint density at radius 3 is 2.58 bits per heavy atom. The highest BCUT2D eigenvalue weighted by Crippen LogP contribution is 2.37. The fraction of sp³-hybridized carbons (Fsp3) is 0.625. The van der Waals surface area contributed by atoms with Crippen molar-refractivity contribution in [1.82, 2.24) is 4.90 Å². The standard InChI is InChI=1S/C16H25ClN2/c1-13(14-7-6-8-15(17)11-14)19(2)16(12-18)9-4-3-5-10-16/h6-8,11,13H,3-5,9-10,12,18H2,1-2H3. The molecule has 2 nitrogen and oxygen atoms in total. The molecule has 0 aliphatic heterocycles. The molecule has 1 aliphatic carbocycles. The van der Waals surface area contributed by atoms with E-state index in [2.05, 4.69) is 31.0 Å². The maximum Gasteiger partial charge on any atom is 0.0409 e. The molecule has 0 amide bonds. The molecule has 19 heavy (non-hydrogen) atoms. The van der Waals surface area contributed by atoms with Gasteiger partial charge in [0.05, 0.1) is 0 Å². The van der Waals surface area contributed by atoms with Gasteiger partial charge in [-0.15, -0.1) is 0 Å². The lowest BCUT2D eigenvalue weighted by atomic mass is 9.79. The molecule has 1 fully saturated rings. The third-order valence-corrected chi connectivity index (χ3v) is 5.06. The molecule has 0 aromatic heterocycles. The van der Waals surface area contributed by atoms with Crippen molar-refractivity contribution in [3.63, 3.8) is 0 Å². The highest BCUT2D eigenvalue weighted by molar-refractivity contribution is 6.30. The molecule has 0 spiro atoms. The zero-order valence-corrected chi connectivity index (χ0v) is 12.8. The Bertz CT molecular complexity index is 413. The molecule has 2 rings (SSSR count). The first kappa shape index (κ1) is 14.8. The molecule has 106 valence electrons. The molecule has 0 heterocycles. The molecular weight excluding hydrogens is 256 g/mol. The summed E-state index contributed by atoms with van der Waals surface area (Å²) in [7, 11) is 2.21. The quantitative estimate of drug-likeness (QED) is 0.903. The maximum absolute atomic E-state index is 6.12. The van der Waals surface area contributed by atoms with Crippen LogP contribution >= 0.6 is 11.6 Å². The first-order valence-corrected chi connectivity index (χ1v) is 7.65.